The summed E-state index contributed by atoms with van der Waals surface area (Å²) in [4.78, 5) is 33.2. The molecule has 1 aliphatic heterocycles. The van der Waals surface area contributed by atoms with E-state index in [-0.39, 0.29) is 30.0 Å². The molecule has 5 nitrogen and oxygen atoms in total. The first-order valence-corrected chi connectivity index (χ1v) is 12.3. The molecule has 1 aromatic heterocycles. The van der Waals surface area contributed by atoms with Crippen molar-refractivity contribution in [1.82, 2.24) is 15.2 Å². The van der Waals surface area contributed by atoms with Crippen molar-refractivity contribution >= 4 is 34.8 Å². The van der Waals surface area contributed by atoms with E-state index in [0.29, 0.717) is 23.2 Å². The zero-order valence-electron chi connectivity index (χ0n) is 18.6. The molecule has 182 valence electrons. The number of hydrogen-bond donors (Lipinski definition) is 1. The Morgan fingerprint density at radius 2 is 1.97 bits per heavy atom. The molecule has 1 aliphatic carbocycles. The van der Waals surface area contributed by atoms with Crippen molar-refractivity contribution in [3.63, 3.8) is 0 Å². The number of thiazole rings is 1. The van der Waals surface area contributed by atoms with Gasteiger partial charge in [0.25, 0.3) is 11.8 Å². The van der Waals surface area contributed by atoms with Gasteiger partial charge in [-0.05, 0) is 61.1 Å². The average molecular weight is 520 g/mol. The molecule has 35 heavy (non-hydrogen) atoms. The third kappa shape index (κ3) is 4.79. The van der Waals surface area contributed by atoms with Crippen LogP contribution in [0.3, 0.4) is 0 Å². The van der Waals surface area contributed by atoms with E-state index in [1.807, 2.05) is 19.1 Å². The Morgan fingerprint density at radius 1 is 1.20 bits per heavy atom. The van der Waals surface area contributed by atoms with Crippen LogP contribution in [0.4, 0.5) is 13.2 Å². The lowest BCUT2D eigenvalue weighted by Gasteiger charge is -2.27. The highest BCUT2D eigenvalue weighted by Crippen LogP contribution is 2.50. The smallest absolute Gasteiger partial charge is 0.350 e. The Kier molecular flexibility index (Phi) is 6.09. The Bertz CT molecular complexity index is 1310. The van der Waals surface area contributed by atoms with Gasteiger partial charge in [0.15, 0.2) is 0 Å². The molecule has 2 aromatic carbocycles. The summed E-state index contributed by atoms with van der Waals surface area (Å²) in [6.07, 6.45) is -3.57. The number of amides is 2. The van der Waals surface area contributed by atoms with Crippen molar-refractivity contribution in [1.29, 1.82) is 0 Å². The molecule has 0 spiro atoms. The van der Waals surface area contributed by atoms with Gasteiger partial charge in [0.1, 0.15) is 5.69 Å². The average Bonchev–Trinajstić information content (AvgIpc) is 3.33. The van der Waals surface area contributed by atoms with Gasteiger partial charge in [-0.1, -0.05) is 29.8 Å². The lowest BCUT2D eigenvalue weighted by molar-refractivity contribution is -0.137. The fraction of sp³-hybridized carbons (Fsp3) is 0.320. The molecule has 10 heteroatoms. The summed E-state index contributed by atoms with van der Waals surface area (Å²) in [5.41, 5.74) is 0.217. The molecule has 0 radical (unpaired) electrons. The zero-order chi connectivity index (χ0) is 24.9. The maximum Gasteiger partial charge on any atom is 0.416 e. The number of nitrogens with zero attached hydrogens (tertiary/aromatic N) is 2. The molecule has 1 N–H and O–H groups in total. The molecule has 2 amide bonds. The highest BCUT2D eigenvalue weighted by atomic mass is 35.5. The van der Waals surface area contributed by atoms with Gasteiger partial charge in [0.2, 0.25) is 0 Å². The number of likely N-dealkylation sites (tertiary alicyclic amines) is 1. The molecule has 5 rings (SSSR count). The van der Waals surface area contributed by atoms with Crippen LogP contribution in [0.5, 0.6) is 0 Å². The number of rotatable bonds is 5. The Balaban J connectivity index is 1.34. The number of nitrogens with one attached hydrogen (secondary N) is 1. The SMILES string of the molecule is Cc1nc(C(=O)N2CC3CC3C2CNC(=O)c2cccc(C(F)(F)F)c2)c(-c2cccc(Cl)c2)s1. The maximum absolute atomic E-state index is 13.6. The summed E-state index contributed by atoms with van der Waals surface area (Å²) >= 11 is 7.57. The number of aryl methyl sites for hydroxylation is 1. The maximum atomic E-state index is 13.6. The first-order chi connectivity index (χ1) is 16.6. The summed E-state index contributed by atoms with van der Waals surface area (Å²) < 4.78 is 39.0. The zero-order valence-corrected chi connectivity index (χ0v) is 20.2. The fourth-order valence-electron chi connectivity index (χ4n) is 4.74. The van der Waals surface area contributed by atoms with E-state index in [0.717, 1.165) is 34.0 Å². The van der Waals surface area contributed by atoms with E-state index in [9.17, 15) is 22.8 Å². The monoisotopic (exact) mass is 519 g/mol. The van der Waals surface area contributed by atoms with Gasteiger partial charge >= 0.3 is 6.18 Å². The van der Waals surface area contributed by atoms with E-state index in [1.165, 1.54) is 23.5 Å². The largest absolute Gasteiger partial charge is 0.416 e. The number of carbonyl (C=O) groups excluding carboxylic acids is 2. The van der Waals surface area contributed by atoms with Gasteiger partial charge < -0.3 is 10.2 Å². The van der Waals surface area contributed by atoms with Crippen LogP contribution in [-0.2, 0) is 6.18 Å². The number of halogens is 4. The number of piperidine rings is 1. The third-order valence-corrected chi connectivity index (χ3v) is 7.77. The Morgan fingerprint density at radius 3 is 2.71 bits per heavy atom. The standard InChI is InChI=1S/C25H21ClF3N3O2S/c1-13-31-21(22(35-13)14-4-3-7-18(26)9-14)24(34)32-12-16-10-19(16)20(32)11-30-23(33)15-5-2-6-17(8-15)25(27,28)29/h2-9,16,19-20H,10-12H2,1H3,(H,30,33). The lowest BCUT2D eigenvalue weighted by Crippen LogP contribution is -2.45. The molecule has 1 saturated heterocycles. The van der Waals surface area contributed by atoms with Crippen LogP contribution in [0, 0.1) is 18.8 Å². The third-order valence-electron chi connectivity index (χ3n) is 6.51. The molecule has 2 fully saturated rings. The summed E-state index contributed by atoms with van der Waals surface area (Å²) in [5, 5.41) is 4.05. The second-order valence-corrected chi connectivity index (χ2v) is 10.5. The number of hydrogen-bond acceptors (Lipinski definition) is 4. The molecule has 2 heterocycles. The summed E-state index contributed by atoms with van der Waals surface area (Å²) in [5.74, 6) is -0.189. The van der Waals surface area contributed by atoms with Crippen LogP contribution >= 0.6 is 22.9 Å². The van der Waals surface area contributed by atoms with Crippen molar-refractivity contribution in [2.24, 2.45) is 11.8 Å². The number of alkyl halides is 3. The lowest BCUT2D eigenvalue weighted by atomic mass is 10.1. The van der Waals surface area contributed by atoms with Gasteiger partial charge in [0.05, 0.1) is 21.5 Å². The van der Waals surface area contributed by atoms with E-state index < -0.39 is 17.6 Å². The number of aromatic nitrogens is 1. The van der Waals surface area contributed by atoms with Crippen LogP contribution in [0.1, 0.15) is 37.8 Å². The minimum Gasteiger partial charge on any atom is -0.350 e. The van der Waals surface area contributed by atoms with Gasteiger partial charge in [-0.2, -0.15) is 13.2 Å². The molecule has 3 aromatic rings. The summed E-state index contributed by atoms with van der Waals surface area (Å²) in [6, 6.07) is 11.3. The van der Waals surface area contributed by atoms with Crippen molar-refractivity contribution in [2.45, 2.75) is 25.6 Å². The molecule has 0 bridgehead atoms. The van der Waals surface area contributed by atoms with Gasteiger partial charge in [0, 0.05) is 23.7 Å². The number of benzene rings is 2. The van der Waals surface area contributed by atoms with Crippen LogP contribution < -0.4 is 5.32 Å². The summed E-state index contributed by atoms with van der Waals surface area (Å²) in [7, 11) is 0. The van der Waals surface area contributed by atoms with Crippen molar-refractivity contribution in [2.75, 3.05) is 13.1 Å². The van der Waals surface area contributed by atoms with Crippen molar-refractivity contribution < 1.29 is 22.8 Å². The number of fused-ring (bicyclic) bond motifs is 1. The normalized spacial score (nSPS) is 21.1. The van der Waals surface area contributed by atoms with E-state index in [2.05, 4.69) is 10.3 Å². The minimum atomic E-state index is -4.53. The quantitative estimate of drug-likeness (QED) is 0.471. The van der Waals surface area contributed by atoms with Gasteiger partial charge in [-0.3, -0.25) is 9.59 Å². The van der Waals surface area contributed by atoms with Crippen LogP contribution in [0.2, 0.25) is 5.02 Å². The van der Waals surface area contributed by atoms with Crippen LogP contribution in [0.25, 0.3) is 10.4 Å². The fourth-order valence-corrected chi connectivity index (χ4v) is 5.83. The molecule has 3 atom stereocenters. The molecular weight excluding hydrogens is 499 g/mol. The predicted molar refractivity (Wildman–Crippen MR) is 127 cm³/mol. The molecular formula is C25H21ClF3N3O2S. The molecule has 3 unspecified atom stereocenters. The predicted octanol–water partition coefficient (Wildman–Crippen LogP) is 5.68. The van der Waals surface area contributed by atoms with Gasteiger partial charge in [-0.25, -0.2) is 4.98 Å². The van der Waals surface area contributed by atoms with Crippen molar-refractivity contribution in [3.8, 4) is 10.4 Å². The highest BCUT2D eigenvalue weighted by Gasteiger charge is 2.54. The highest BCUT2D eigenvalue weighted by molar-refractivity contribution is 7.15. The van der Waals surface area contributed by atoms with E-state index in [4.69, 9.17) is 11.6 Å². The topological polar surface area (TPSA) is 62.3 Å². The van der Waals surface area contributed by atoms with E-state index >= 15 is 0 Å². The first kappa shape index (κ1) is 23.8. The molecule has 2 aliphatic rings. The van der Waals surface area contributed by atoms with E-state index in [1.54, 1.807) is 17.0 Å². The summed E-state index contributed by atoms with van der Waals surface area (Å²) in [6.45, 7) is 2.57. The van der Waals surface area contributed by atoms with Gasteiger partial charge in [-0.15, -0.1) is 11.3 Å². The van der Waals surface area contributed by atoms with Crippen molar-refractivity contribution in [3.05, 3.63) is 75.4 Å². The van der Waals surface area contributed by atoms with Crippen LogP contribution in [-0.4, -0.2) is 40.8 Å². The van der Waals surface area contributed by atoms with Crippen LogP contribution in [0.15, 0.2) is 48.5 Å². The Hall–Kier alpha value is -2.91. The Labute approximate surface area is 208 Å². The number of carbonyl (C=O) groups is 2. The second-order valence-electron chi connectivity index (χ2n) is 8.89. The minimum absolute atomic E-state index is 0.0681. The molecule has 1 saturated carbocycles. The second kappa shape index (κ2) is 8.95. The first-order valence-electron chi connectivity index (χ1n) is 11.1.